The molecule has 0 bridgehead atoms. The molecule has 2 N–H and O–H groups in total. The second-order valence-corrected chi connectivity index (χ2v) is 6.86. The molecule has 122 valence electrons. The van der Waals surface area contributed by atoms with Crippen LogP contribution in [0.25, 0.3) is 11.1 Å². The highest BCUT2D eigenvalue weighted by Gasteiger charge is 2.60. The van der Waals surface area contributed by atoms with Gasteiger partial charge in [0.15, 0.2) is 0 Å². The van der Waals surface area contributed by atoms with Gasteiger partial charge in [-0.1, -0.05) is 48.9 Å². The lowest BCUT2D eigenvalue weighted by atomic mass is 9.80. The molecule has 24 heavy (non-hydrogen) atoms. The number of nitrogens with one attached hydrogen (secondary N) is 2. The molecule has 2 saturated carbocycles. The highest BCUT2D eigenvalue weighted by molar-refractivity contribution is 5.96. The van der Waals surface area contributed by atoms with Gasteiger partial charge in [0.25, 0.3) is 5.91 Å². The van der Waals surface area contributed by atoms with Crippen molar-refractivity contribution in [2.45, 2.75) is 25.7 Å². The van der Waals surface area contributed by atoms with Crippen LogP contribution < -0.4 is 10.9 Å². The second kappa shape index (κ2) is 5.78. The van der Waals surface area contributed by atoms with Crippen LogP contribution >= 0.6 is 0 Å². The summed E-state index contributed by atoms with van der Waals surface area (Å²) >= 11 is 0. The van der Waals surface area contributed by atoms with Crippen LogP contribution in [-0.2, 0) is 4.79 Å². The average molecular weight is 320 g/mol. The Labute approximate surface area is 141 Å². The molecule has 0 saturated heterocycles. The van der Waals surface area contributed by atoms with Crippen molar-refractivity contribution in [3.8, 4) is 11.1 Å². The summed E-state index contributed by atoms with van der Waals surface area (Å²) in [5.74, 6) is -0.248. The Morgan fingerprint density at radius 1 is 0.875 bits per heavy atom. The third kappa shape index (κ3) is 2.68. The van der Waals surface area contributed by atoms with E-state index in [9.17, 15) is 9.59 Å². The van der Waals surface area contributed by atoms with E-state index in [1.165, 1.54) is 6.42 Å². The molecule has 1 spiro atoms. The quantitative estimate of drug-likeness (QED) is 0.853. The molecule has 0 heterocycles. The summed E-state index contributed by atoms with van der Waals surface area (Å²) in [5, 5.41) is 0. The van der Waals surface area contributed by atoms with Crippen molar-refractivity contribution in [2.24, 2.45) is 11.3 Å². The molecular weight excluding hydrogens is 300 g/mol. The van der Waals surface area contributed by atoms with Crippen LogP contribution in [0.5, 0.6) is 0 Å². The lowest BCUT2D eigenvalue weighted by Gasteiger charge is -2.26. The van der Waals surface area contributed by atoms with E-state index >= 15 is 0 Å². The third-order valence-electron chi connectivity index (χ3n) is 5.41. The first-order valence-corrected chi connectivity index (χ1v) is 8.44. The van der Waals surface area contributed by atoms with Gasteiger partial charge < -0.3 is 0 Å². The summed E-state index contributed by atoms with van der Waals surface area (Å²) in [7, 11) is 0. The molecule has 4 nitrogen and oxygen atoms in total. The Kier molecular flexibility index (Phi) is 3.60. The minimum atomic E-state index is -0.286. The molecule has 2 amide bonds. The molecule has 2 fully saturated rings. The highest BCUT2D eigenvalue weighted by Crippen LogP contribution is 2.65. The number of rotatable bonds is 3. The van der Waals surface area contributed by atoms with Crippen LogP contribution in [0.4, 0.5) is 0 Å². The maximum Gasteiger partial charge on any atom is 0.269 e. The summed E-state index contributed by atoms with van der Waals surface area (Å²) in [6.07, 6.45) is 4.50. The number of carbonyl (C=O) groups is 2. The fourth-order valence-corrected chi connectivity index (χ4v) is 3.62. The van der Waals surface area contributed by atoms with Gasteiger partial charge in [0.05, 0.1) is 0 Å². The third-order valence-corrected chi connectivity index (χ3v) is 5.41. The number of hydrazine groups is 1. The van der Waals surface area contributed by atoms with E-state index in [2.05, 4.69) is 10.9 Å². The van der Waals surface area contributed by atoms with Gasteiger partial charge in [-0.05, 0) is 47.9 Å². The number of hydrogen-bond acceptors (Lipinski definition) is 2. The van der Waals surface area contributed by atoms with Crippen LogP contribution in [-0.4, -0.2) is 11.8 Å². The van der Waals surface area contributed by atoms with Crippen LogP contribution in [0.3, 0.4) is 0 Å². The molecule has 2 aromatic rings. The predicted octanol–water partition coefficient (Wildman–Crippen LogP) is 3.30. The van der Waals surface area contributed by atoms with E-state index in [0.29, 0.717) is 5.56 Å². The van der Waals surface area contributed by atoms with Gasteiger partial charge in [-0.2, -0.15) is 0 Å². The van der Waals surface area contributed by atoms with E-state index < -0.39 is 0 Å². The average Bonchev–Trinajstić information content (AvgIpc) is 3.37. The molecule has 4 heteroatoms. The number of hydrogen-bond donors (Lipinski definition) is 2. The van der Waals surface area contributed by atoms with Gasteiger partial charge in [-0.15, -0.1) is 0 Å². The number of amides is 2. The molecule has 0 aliphatic heterocycles. The fourth-order valence-electron chi connectivity index (χ4n) is 3.62. The zero-order valence-corrected chi connectivity index (χ0v) is 13.4. The largest absolute Gasteiger partial charge is 0.273 e. The Bertz CT molecular complexity index is 764. The van der Waals surface area contributed by atoms with Crippen molar-refractivity contribution in [1.29, 1.82) is 0 Å². The molecule has 2 aromatic carbocycles. The first kappa shape index (κ1) is 14.9. The van der Waals surface area contributed by atoms with Crippen LogP contribution in [0, 0.1) is 11.3 Å². The summed E-state index contributed by atoms with van der Waals surface area (Å²) in [5.41, 5.74) is 8.07. The van der Waals surface area contributed by atoms with Gasteiger partial charge in [0, 0.05) is 11.5 Å². The van der Waals surface area contributed by atoms with E-state index in [1.807, 2.05) is 42.5 Å². The summed E-state index contributed by atoms with van der Waals surface area (Å²) in [4.78, 5) is 24.2. The topological polar surface area (TPSA) is 58.2 Å². The summed E-state index contributed by atoms with van der Waals surface area (Å²) < 4.78 is 0. The van der Waals surface area contributed by atoms with Crippen molar-refractivity contribution in [2.75, 3.05) is 0 Å². The van der Waals surface area contributed by atoms with Gasteiger partial charge in [0.1, 0.15) is 0 Å². The predicted molar refractivity (Wildman–Crippen MR) is 91.9 cm³/mol. The van der Waals surface area contributed by atoms with E-state index in [1.54, 1.807) is 12.1 Å². The van der Waals surface area contributed by atoms with E-state index in [0.717, 1.165) is 30.4 Å². The van der Waals surface area contributed by atoms with E-state index in [-0.39, 0.29) is 23.1 Å². The number of carbonyl (C=O) groups excluding carboxylic acids is 2. The van der Waals surface area contributed by atoms with Crippen LogP contribution in [0.2, 0.25) is 0 Å². The zero-order valence-electron chi connectivity index (χ0n) is 13.4. The molecular formula is C20H20N2O2. The van der Waals surface area contributed by atoms with Crippen molar-refractivity contribution in [1.82, 2.24) is 10.9 Å². The molecule has 2 aliphatic carbocycles. The number of benzene rings is 2. The monoisotopic (exact) mass is 320 g/mol. The van der Waals surface area contributed by atoms with Crippen molar-refractivity contribution in [3.05, 3.63) is 60.2 Å². The van der Waals surface area contributed by atoms with Gasteiger partial charge in [-0.25, -0.2) is 0 Å². The lowest BCUT2D eigenvalue weighted by Crippen LogP contribution is -2.43. The normalized spacial score (nSPS) is 20.1. The lowest BCUT2D eigenvalue weighted by molar-refractivity contribution is -0.124. The molecule has 0 radical (unpaired) electrons. The highest BCUT2D eigenvalue weighted by atomic mass is 16.2. The van der Waals surface area contributed by atoms with Crippen molar-refractivity contribution in [3.63, 3.8) is 0 Å². The zero-order chi connectivity index (χ0) is 16.6. The van der Waals surface area contributed by atoms with Crippen molar-refractivity contribution >= 4 is 11.8 Å². The molecule has 4 rings (SSSR count). The van der Waals surface area contributed by atoms with Crippen LogP contribution in [0.15, 0.2) is 54.6 Å². The maximum atomic E-state index is 12.2. The summed E-state index contributed by atoms with van der Waals surface area (Å²) in [6, 6.07) is 17.4. The fraction of sp³-hybridized carbons (Fsp3) is 0.300. The van der Waals surface area contributed by atoms with Gasteiger partial charge in [0.2, 0.25) is 5.91 Å². The minimum Gasteiger partial charge on any atom is -0.273 e. The molecule has 2 aliphatic rings. The van der Waals surface area contributed by atoms with Gasteiger partial charge >= 0.3 is 0 Å². The first-order chi connectivity index (χ1) is 11.7. The Hall–Kier alpha value is -2.62. The smallest absolute Gasteiger partial charge is 0.269 e. The molecule has 1 atom stereocenters. The SMILES string of the molecule is O=C(NNC(=O)[C@@H]1CC12CCC2)c1ccc(-c2ccccc2)cc1. The Morgan fingerprint density at radius 3 is 2.12 bits per heavy atom. The Balaban J connectivity index is 1.34. The Morgan fingerprint density at radius 2 is 1.54 bits per heavy atom. The molecule has 0 aromatic heterocycles. The molecule has 0 unspecified atom stereocenters. The maximum absolute atomic E-state index is 12.2. The standard InChI is InChI=1S/C20H20N2O2/c23-18(21-22-19(24)17-13-20(17)11-4-12-20)16-9-7-15(8-10-16)14-5-2-1-3-6-14/h1-3,5-10,17H,4,11-13H2,(H,21,23)(H,22,24)/t17-/m0/s1. The second-order valence-electron chi connectivity index (χ2n) is 6.86. The van der Waals surface area contributed by atoms with Crippen molar-refractivity contribution < 1.29 is 9.59 Å². The summed E-state index contributed by atoms with van der Waals surface area (Å²) in [6.45, 7) is 0. The first-order valence-electron chi connectivity index (χ1n) is 8.44. The van der Waals surface area contributed by atoms with E-state index in [4.69, 9.17) is 0 Å². The van der Waals surface area contributed by atoms with Gasteiger partial charge in [-0.3, -0.25) is 20.4 Å². The minimum absolute atomic E-state index is 0.0519. The van der Waals surface area contributed by atoms with Crippen LogP contribution in [0.1, 0.15) is 36.0 Å².